The maximum absolute atomic E-state index is 14.6. The first-order chi connectivity index (χ1) is 28.9. The van der Waals surface area contributed by atoms with Crippen LogP contribution in [0, 0.1) is 17.8 Å². The largest absolute Gasteiger partial charge is 0.459 e. The van der Waals surface area contributed by atoms with Gasteiger partial charge in [0, 0.05) is 57.0 Å². The molecule has 5 N–H and O–H groups in total. The van der Waals surface area contributed by atoms with Gasteiger partial charge in [-0.15, -0.1) is 0 Å². The van der Waals surface area contributed by atoms with E-state index in [1.165, 1.54) is 14.0 Å². The summed E-state index contributed by atoms with van der Waals surface area (Å²) in [6, 6.07) is 2.61. The number of methoxy groups -OCH3 is 1. The van der Waals surface area contributed by atoms with Crippen molar-refractivity contribution in [2.45, 2.75) is 192 Å². The molecule has 3 fully saturated rings. The van der Waals surface area contributed by atoms with Gasteiger partial charge in [0.2, 0.25) is 0 Å². The number of hydrogen-bond donors (Lipinski definition) is 5. The van der Waals surface area contributed by atoms with Crippen molar-refractivity contribution in [3.63, 3.8) is 0 Å². The Labute approximate surface area is 369 Å². The number of rotatable bonds is 10. The standard InChI is InChI=1S/C45H78N4O13/c1-15-33-45(10,55)39(62-42(53)47-23-31-16-18-46-19-17-31)29(6)49(13)24-25(2)21-43(8,54)38(61-41-35(50)32(48(11)12)20-26(3)57-41)27(4)36(28(5)40(52)59-33)60-34-22-44(9,56-14)37(51)30(7)58-34/h16-19,25-30,32-39,41,50-51,54-55H,15,20-24H2,1-14H3,(H,47,53)/t25-,26-,27+,28-,29+,30+,32+,33+,34+,35-,36+,37+,38-,39-,41+,43-,44-,45-/m1/s1. The molecule has 62 heavy (non-hydrogen) atoms. The van der Waals surface area contributed by atoms with Crippen LogP contribution in [-0.2, 0) is 44.5 Å². The Bertz CT molecular complexity index is 1570. The first-order valence-corrected chi connectivity index (χ1v) is 22.2. The molecule has 4 rings (SSSR count). The van der Waals surface area contributed by atoms with Crippen LogP contribution in [0.1, 0.15) is 100 Å². The zero-order valence-corrected chi connectivity index (χ0v) is 39.5. The molecule has 356 valence electrons. The summed E-state index contributed by atoms with van der Waals surface area (Å²) in [7, 11) is 7.10. The highest BCUT2D eigenvalue weighted by atomic mass is 16.7. The molecule has 4 heterocycles. The number of aliphatic hydroxyl groups is 4. The Morgan fingerprint density at radius 1 is 1.00 bits per heavy atom. The molecule has 0 saturated carbocycles. The average Bonchev–Trinajstić information content (AvgIpc) is 3.20. The molecule has 0 aromatic carbocycles. The fraction of sp³-hybridized carbons (Fsp3) is 0.844. The van der Waals surface area contributed by atoms with Gasteiger partial charge >= 0.3 is 12.1 Å². The van der Waals surface area contributed by atoms with Crippen molar-refractivity contribution in [2.24, 2.45) is 17.8 Å². The highest BCUT2D eigenvalue weighted by Gasteiger charge is 2.53. The minimum atomic E-state index is -1.90. The molecule has 17 nitrogen and oxygen atoms in total. The second kappa shape index (κ2) is 21.6. The second-order valence-electron chi connectivity index (χ2n) is 19.3. The molecule has 1 aromatic rings. The quantitative estimate of drug-likeness (QED) is 0.214. The second-order valence-corrected chi connectivity index (χ2v) is 19.3. The van der Waals surface area contributed by atoms with Crippen molar-refractivity contribution in [1.82, 2.24) is 20.1 Å². The van der Waals surface area contributed by atoms with Crippen molar-refractivity contribution in [3.8, 4) is 0 Å². The van der Waals surface area contributed by atoms with Gasteiger partial charge in [0.05, 0.1) is 41.5 Å². The van der Waals surface area contributed by atoms with Crippen LogP contribution in [0.2, 0.25) is 0 Å². The number of nitrogens with one attached hydrogen (secondary N) is 1. The molecule has 0 unspecified atom stereocenters. The van der Waals surface area contributed by atoms with E-state index in [9.17, 15) is 30.0 Å². The number of ether oxygens (including phenoxy) is 7. The lowest BCUT2D eigenvalue weighted by molar-refractivity contribution is -0.318. The number of aliphatic hydroxyl groups excluding tert-OH is 2. The number of esters is 1. The van der Waals surface area contributed by atoms with Crippen LogP contribution in [0.15, 0.2) is 24.5 Å². The number of nitrogens with zero attached hydrogens (tertiary/aromatic N) is 3. The van der Waals surface area contributed by atoms with Crippen LogP contribution in [-0.4, -0.2) is 172 Å². The zero-order valence-electron chi connectivity index (χ0n) is 39.5. The predicted octanol–water partition coefficient (Wildman–Crippen LogP) is 3.23. The summed E-state index contributed by atoms with van der Waals surface area (Å²) in [5.74, 6) is -2.83. The normalized spacial score (nSPS) is 43.3. The third-order valence-electron chi connectivity index (χ3n) is 13.6. The molecule has 3 aliphatic heterocycles. The van der Waals surface area contributed by atoms with Crippen molar-refractivity contribution < 1.29 is 63.2 Å². The lowest BCUT2D eigenvalue weighted by Crippen LogP contribution is -2.61. The van der Waals surface area contributed by atoms with E-state index in [-0.39, 0.29) is 43.9 Å². The van der Waals surface area contributed by atoms with Crippen LogP contribution in [0.25, 0.3) is 0 Å². The topological polar surface area (TPSA) is 211 Å². The molecule has 0 aliphatic carbocycles. The smallest absolute Gasteiger partial charge is 0.407 e. The van der Waals surface area contributed by atoms with Crippen LogP contribution >= 0.6 is 0 Å². The monoisotopic (exact) mass is 883 g/mol. The SMILES string of the molecule is CC[C@@H]1OC(=O)[C@H](C)[C@@H](O[C@H]2C[C@@](C)(OC)[C@@H](O)[C@H](C)O2)[C@H](C)[C@@H](O[C@@H]2O[C@H](C)C[C@H](N(C)C)[C@H]2O)[C@](C)(O)C[C@@H](C)CN(C)[C@@H](C)[C@@H](OC(=O)NCc2ccncc2)[C@]1(C)O. The number of hydrogen-bond acceptors (Lipinski definition) is 16. The molecule has 17 heteroatoms. The van der Waals surface area contributed by atoms with E-state index >= 15 is 0 Å². The Kier molecular flexibility index (Phi) is 18.2. The van der Waals surface area contributed by atoms with Crippen molar-refractivity contribution >= 4 is 12.1 Å². The number of aromatic nitrogens is 1. The number of carbonyl (C=O) groups is 2. The van der Waals surface area contributed by atoms with Gasteiger partial charge in [-0.3, -0.25) is 14.7 Å². The summed E-state index contributed by atoms with van der Waals surface area (Å²) in [5, 5.41) is 50.7. The number of amides is 1. The van der Waals surface area contributed by atoms with Crippen LogP contribution in [0.5, 0.6) is 0 Å². The Morgan fingerprint density at radius 3 is 2.24 bits per heavy atom. The zero-order chi connectivity index (χ0) is 46.5. The highest BCUT2D eigenvalue weighted by molar-refractivity contribution is 5.73. The minimum absolute atomic E-state index is 0.101. The van der Waals surface area contributed by atoms with Gasteiger partial charge in [-0.25, -0.2) is 4.79 Å². The van der Waals surface area contributed by atoms with Crippen molar-refractivity contribution in [2.75, 3.05) is 34.8 Å². The van der Waals surface area contributed by atoms with E-state index < -0.39 is 102 Å². The predicted molar refractivity (Wildman–Crippen MR) is 230 cm³/mol. The van der Waals surface area contributed by atoms with E-state index in [0.29, 0.717) is 13.0 Å². The molecule has 18 atom stereocenters. The molecule has 0 bridgehead atoms. The van der Waals surface area contributed by atoms with Gasteiger partial charge < -0.3 is 63.8 Å². The van der Waals surface area contributed by atoms with Gasteiger partial charge in [0.25, 0.3) is 0 Å². The van der Waals surface area contributed by atoms with E-state index in [2.05, 4.69) is 10.3 Å². The lowest BCUT2D eigenvalue weighted by atomic mass is 9.77. The highest BCUT2D eigenvalue weighted by Crippen LogP contribution is 2.40. The van der Waals surface area contributed by atoms with Crippen molar-refractivity contribution in [1.29, 1.82) is 0 Å². The maximum Gasteiger partial charge on any atom is 0.407 e. The van der Waals surface area contributed by atoms with E-state index in [4.69, 9.17) is 33.2 Å². The lowest BCUT2D eigenvalue weighted by Gasteiger charge is -2.48. The molecule has 3 saturated heterocycles. The molecule has 0 spiro atoms. The molecule has 0 radical (unpaired) electrons. The number of pyridine rings is 1. The van der Waals surface area contributed by atoms with E-state index in [0.717, 1.165) is 5.56 Å². The fourth-order valence-corrected chi connectivity index (χ4v) is 9.77. The van der Waals surface area contributed by atoms with E-state index in [1.807, 2.05) is 58.6 Å². The molecular weight excluding hydrogens is 805 g/mol. The summed E-state index contributed by atoms with van der Waals surface area (Å²) in [6.07, 6.45) is -6.25. The molecule has 3 aliphatic rings. The van der Waals surface area contributed by atoms with Gasteiger partial charge in [0.1, 0.15) is 23.9 Å². The third kappa shape index (κ3) is 12.4. The van der Waals surface area contributed by atoms with E-state index in [1.54, 1.807) is 59.1 Å². The molecule has 1 aromatic heterocycles. The Balaban J connectivity index is 1.80. The summed E-state index contributed by atoms with van der Waals surface area (Å²) in [4.78, 5) is 36.0. The van der Waals surface area contributed by atoms with Crippen LogP contribution < -0.4 is 5.32 Å². The number of alkyl carbamates (subject to hydrolysis) is 1. The first-order valence-electron chi connectivity index (χ1n) is 22.2. The fourth-order valence-electron chi connectivity index (χ4n) is 9.77. The number of cyclic esters (lactones) is 1. The summed E-state index contributed by atoms with van der Waals surface area (Å²) >= 11 is 0. The Morgan fingerprint density at radius 2 is 1.65 bits per heavy atom. The van der Waals surface area contributed by atoms with Gasteiger partial charge in [-0.1, -0.05) is 20.8 Å². The summed E-state index contributed by atoms with van der Waals surface area (Å²) < 4.78 is 44.1. The third-order valence-corrected chi connectivity index (χ3v) is 13.6. The summed E-state index contributed by atoms with van der Waals surface area (Å²) in [5.41, 5.74) is -3.78. The van der Waals surface area contributed by atoms with Gasteiger partial charge in [-0.2, -0.15) is 0 Å². The van der Waals surface area contributed by atoms with Crippen LogP contribution in [0.4, 0.5) is 4.79 Å². The number of likely N-dealkylation sites (N-methyl/N-ethyl adjacent to an activating group) is 2. The molecule has 1 amide bonds. The molecular formula is C45H78N4O13. The summed E-state index contributed by atoms with van der Waals surface area (Å²) in [6.45, 7) is 18.1. The van der Waals surface area contributed by atoms with Crippen LogP contribution in [0.3, 0.4) is 0 Å². The van der Waals surface area contributed by atoms with Gasteiger partial charge in [-0.05, 0) is 112 Å². The first kappa shape index (κ1) is 52.1. The average molecular weight is 883 g/mol. The minimum Gasteiger partial charge on any atom is -0.459 e. The Hall–Kier alpha value is -2.55. The number of carbonyl (C=O) groups excluding carboxylic acids is 2. The van der Waals surface area contributed by atoms with Gasteiger partial charge in [0.15, 0.2) is 18.7 Å². The maximum atomic E-state index is 14.6. The van der Waals surface area contributed by atoms with Crippen molar-refractivity contribution in [3.05, 3.63) is 30.1 Å².